The second-order valence-corrected chi connectivity index (χ2v) is 4.19. The van der Waals surface area contributed by atoms with E-state index >= 15 is 0 Å². The molecule has 0 fully saturated rings. The normalized spacial score (nSPS) is 10.4. The maximum Gasteiger partial charge on any atom is 0.158 e. The summed E-state index contributed by atoms with van der Waals surface area (Å²) in [6.45, 7) is 0.565. The molecule has 6 heteroatoms. The fraction of sp³-hybridized carbons (Fsp3) is 0.0714. The number of hydrogen-bond acceptors (Lipinski definition) is 4. The molecule has 0 saturated carbocycles. The molecule has 3 aromatic rings. The van der Waals surface area contributed by atoms with Gasteiger partial charge in [0, 0.05) is 25.0 Å². The summed E-state index contributed by atoms with van der Waals surface area (Å²) in [4.78, 5) is 8.29. The maximum atomic E-state index is 12.8. The zero-order valence-corrected chi connectivity index (χ0v) is 10.6. The Morgan fingerprint density at radius 3 is 2.75 bits per heavy atom. The van der Waals surface area contributed by atoms with Crippen LogP contribution in [0.1, 0.15) is 5.56 Å². The Morgan fingerprint density at radius 1 is 1.15 bits per heavy atom. The van der Waals surface area contributed by atoms with Gasteiger partial charge in [0.25, 0.3) is 0 Å². The van der Waals surface area contributed by atoms with Crippen molar-refractivity contribution in [3.8, 4) is 5.82 Å². The monoisotopic (exact) mass is 269 g/mol. The van der Waals surface area contributed by atoms with E-state index in [9.17, 15) is 4.39 Å². The van der Waals surface area contributed by atoms with E-state index in [1.165, 1.54) is 18.5 Å². The highest BCUT2D eigenvalue weighted by Gasteiger charge is 2.01. The van der Waals surface area contributed by atoms with Crippen LogP contribution >= 0.6 is 0 Å². The lowest BCUT2D eigenvalue weighted by atomic mass is 10.2. The lowest BCUT2D eigenvalue weighted by molar-refractivity contribution is 0.627. The number of benzene rings is 1. The molecule has 2 heterocycles. The highest BCUT2D eigenvalue weighted by Crippen LogP contribution is 2.10. The quantitative estimate of drug-likeness (QED) is 0.790. The van der Waals surface area contributed by atoms with Gasteiger partial charge in [0.05, 0.1) is 0 Å². The van der Waals surface area contributed by atoms with Crippen LogP contribution in [0.15, 0.2) is 55.1 Å². The van der Waals surface area contributed by atoms with Crippen LogP contribution in [0.3, 0.4) is 0 Å². The lowest BCUT2D eigenvalue weighted by Crippen LogP contribution is -2.04. The van der Waals surface area contributed by atoms with Gasteiger partial charge in [0.15, 0.2) is 5.82 Å². The molecule has 0 aliphatic heterocycles. The summed E-state index contributed by atoms with van der Waals surface area (Å²) >= 11 is 0. The molecule has 3 rings (SSSR count). The molecule has 0 aliphatic carbocycles. The summed E-state index contributed by atoms with van der Waals surface area (Å²) in [5.41, 5.74) is 0.977. The van der Waals surface area contributed by atoms with E-state index in [1.807, 2.05) is 12.3 Å². The van der Waals surface area contributed by atoms with Crippen molar-refractivity contribution in [2.75, 3.05) is 5.32 Å². The predicted octanol–water partition coefficient (Wildman–Crippen LogP) is 2.41. The molecular formula is C14H12FN5. The predicted molar refractivity (Wildman–Crippen MR) is 72.9 cm³/mol. The Morgan fingerprint density at radius 2 is 2.00 bits per heavy atom. The summed E-state index contributed by atoms with van der Waals surface area (Å²) in [5, 5.41) is 7.28. The molecule has 5 nitrogen and oxygen atoms in total. The fourth-order valence-electron chi connectivity index (χ4n) is 1.77. The molecule has 0 saturated heterocycles. The van der Waals surface area contributed by atoms with Crippen LogP contribution < -0.4 is 5.32 Å². The molecule has 0 radical (unpaired) electrons. The van der Waals surface area contributed by atoms with Crippen LogP contribution in [-0.2, 0) is 6.54 Å². The van der Waals surface area contributed by atoms with E-state index in [4.69, 9.17) is 0 Å². The number of hydrogen-bond donors (Lipinski definition) is 1. The van der Waals surface area contributed by atoms with Gasteiger partial charge in [-0.25, -0.2) is 19.0 Å². The number of anilines is 1. The number of halogens is 1. The van der Waals surface area contributed by atoms with E-state index in [0.29, 0.717) is 18.2 Å². The van der Waals surface area contributed by atoms with Gasteiger partial charge in [-0.3, -0.25) is 0 Å². The SMILES string of the molecule is Fc1ccc(CNc2cc(-n3cccn3)ncn2)cc1. The first-order chi connectivity index (χ1) is 9.81. The van der Waals surface area contributed by atoms with Gasteiger partial charge in [-0.05, 0) is 23.8 Å². The Kier molecular flexibility index (Phi) is 3.36. The van der Waals surface area contributed by atoms with Crippen LogP contribution in [0, 0.1) is 5.82 Å². The minimum Gasteiger partial charge on any atom is -0.366 e. The largest absolute Gasteiger partial charge is 0.366 e. The van der Waals surface area contributed by atoms with E-state index in [2.05, 4.69) is 20.4 Å². The highest BCUT2D eigenvalue weighted by molar-refractivity contribution is 5.40. The van der Waals surface area contributed by atoms with Crippen molar-refractivity contribution >= 4 is 5.82 Å². The van der Waals surface area contributed by atoms with Crippen LogP contribution in [0.5, 0.6) is 0 Å². The van der Waals surface area contributed by atoms with Crippen LogP contribution in [0.2, 0.25) is 0 Å². The van der Waals surface area contributed by atoms with Crippen molar-refractivity contribution in [2.45, 2.75) is 6.54 Å². The van der Waals surface area contributed by atoms with Crippen molar-refractivity contribution in [3.63, 3.8) is 0 Å². The zero-order chi connectivity index (χ0) is 13.8. The number of aromatic nitrogens is 4. The molecule has 0 unspecified atom stereocenters. The summed E-state index contributed by atoms with van der Waals surface area (Å²) in [5.74, 6) is 1.14. The topological polar surface area (TPSA) is 55.6 Å². The molecule has 0 aliphatic rings. The first-order valence-corrected chi connectivity index (χ1v) is 6.12. The molecule has 0 bridgehead atoms. The molecule has 100 valence electrons. The van der Waals surface area contributed by atoms with Crippen LogP contribution in [0.25, 0.3) is 5.82 Å². The van der Waals surface area contributed by atoms with Crippen LogP contribution in [0.4, 0.5) is 10.2 Å². The molecule has 0 spiro atoms. The minimum absolute atomic E-state index is 0.239. The highest BCUT2D eigenvalue weighted by atomic mass is 19.1. The smallest absolute Gasteiger partial charge is 0.158 e. The van der Waals surface area contributed by atoms with Crippen molar-refractivity contribution in [1.29, 1.82) is 0 Å². The standard InChI is InChI=1S/C14H12FN5/c15-12-4-2-11(3-5-12)9-16-13-8-14(18-10-17-13)20-7-1-6-19-20/h1-8,10H,9H2,(H,16,17,18). The fourth-order valence-corrected chi connectivity index (χ4v) is 1.77. The number of nitrogens with zero attached hydrogens (tertiary/aromatic N) is 4. The third-order valence-corrected chi connectivity index (χ3v) is 2.78. The molecule has 1 aromatic carbocycles. The van der Waals surface area contributed by atoms with Gasteiger partial charge in [-0.1, -0.05) is 12.1 Å². The number of rotatable bonds is 4. The van der Waals surface area contributed by atoms with E-state index < -0.39 is 0 Å². The third-order valence-electron chi connectivity index (χ3n) is 2.78. The first-order valence-electron chi connectivity index (χ1n) is 6.12. The minimum atomic E-state index is -0.239. The van der Waals surface area contributed by atoms with Crippen molar-refractivity contribution < 1.29 is 4.39 Å². The molecule has 20 heavy (non-hydrogen) atoms. The Labute approximate surface area is 115 Å². The average molecular weight is 269 g/mol. The Hall–Kier alpha value is -2.76. The van der Waals surface area contributed by atoms with E-state index in [-0.39, 0.29) is 5.82 Å². The zero-order valence-electron chi connectivity index (χ0n) is 10.6. The van der Waals surface area contributed by atoms with E-state index in [0.717, 1.165) is 5.56 Å². The third kappa shape index (κ3) is 2.80. The maximum absolute atomic E-state index is 12.8. The molecule has 2 aromatic heterocycles. The van der Waals surface area contributed by atoms with Crippen molar-refractivity contribution in [3.05, 3.63) is 66.5 Å². The average Bonchev–Trinajstić information content (AvgIpc) is 3.01. The second kappa shape index (κ2) is 5.48. The molecule has 0 amide bonds. The summed E-state index contributed by atoms with van der Waals surface area (Å²) < 4.78 is 14.5. The van der Waals surface area contributed by atoms with Gasteiger partial charge in [-0.2, -0.15) is 5.10 Å². The number of nitrogens with one attached hydrogen (secondary N) is 1. The summed E-state index contributed by atoms with van der Waals surface area (Å²) in [7, 11) is 0. The van der Waals surface area contributed by atoms with Gasteiger partial charge >= 0.3 is 0 Å². The van der Waals surface area contributed by atoms with Crippen molar-refractivity contribution in [2.24, 2.45) is 0 Å². The van der Waals surface area contributed by atoms with Gasteiger partial charge in [-0.15, -0.1) is 0 Å². The summed E-state index contributed by atoms with van der Waals surface area (Å²) in [6, 6.07) is 9.97. The van der Waals surface area contributed by atoms with Gasteiger partial charge in [0.1, 0.15) is 18.0 Å². The van der Waals surface area contributed by atoms with E-state index in [1.54, 1.807) is 29.1 Å². The first kappa shape index (κ1) is 12.3. The van der Waals surface area contributed by atoms with Crippen LogP contribution in [-0.4, -0.2) is 19.7 Å². The molecule has 1 N–H and O–H groups in total. The Bertz CT molecular complexity index is 679. The summed E-state index contributed by atoms with van der Waals surface area (Å²) in [6.07, 6.45) is 4.98. The molecule has 0 atom stereocenters. The van der Waals surface area contributed by atoms with Crippen molar-refractivity contribution in [1.82, 2.24) is 19.7 Å². The molecular weight excluding hydrogens is 257 g/mol. The lowest BCUT2D eigenvalue weighted by Gasteiger charge is -2.07. The second-order valence-electron chi connectivity index (χ2n) is 4.19. The van der Waals surface area contributed by atoms with Gasteiger partial charge < -0.3 is 5.32 Å². The Balaban J connectivity index is 1.72. The van der Waals surface area contributed by atoms with Gasteiger partial charge in [0.2, 0.25) is 0 Å².